The van der Waals surface area contributed by atoms with Crippen LogP contribution in [0, 0.1) is 163 Å². The lowest BCUT2D eigenvalue weighted by Gasteiger charge is -2.62. The number of ether oxygens (including phenoxy) is 8. The number of carbonyl (C=O) groups is 7. The zero-order valence-electron chi connectivity index (χ0n) is 81.4. The topological polar surface area (TPSA) is 484 Å². The van der Waals surface area contributed by atoms with Gasteiger partial charge in [0.1, 0.15) is 90.9 Å². The highest BCUT2D eigenvalue weighted by Crippen LogP contribution is 2.72. The Morgan fingerprint density at radius 1 is 0.302 bits per heavy atom. The van der Waals surface area contributed by atoms with Crippen LogP contribution < -0.4 is 36.8 Å². The first-order chi connectivity index (χ1) is 70.5. The molecular weight excluding hydrogens is 2170 g/mol. The largest absolute Gasteiger partial charge is 0.691 e. The van der Waals surface area contributed by atoms with E-state index in [2.05, 4.69) is 84.2 Å². The van der Waals surface area contributed by atoms with Crippen LogP contribution in [0.15, 0.2) is 0 Å². The first kappa shape index (κ1) is 121. The van der Waals surface area contributed by atoms with Crippen molar-refractivity contribution in [3.05, 3.63) is 0 Å². The molecule has 0 aromatic rings. The molecule has 1 aliphatic heterocycles. The third kappa shape index (κ3) is 31.2. The summed E-state index contributed by atoms with van der Waals surface area (Å²) >= 11 is -4.54. The summed E-state index contributed by atoms with van der Waals surface area (Å²) in [6.45, 7) is 4.86. The molecule has 0 aromatic carbocycles. The Morgan fingerprint density at radius 2 is 0.617 bits per heavy atom. The standard InChI is InChI=1S/C15H20F2O5S.C15H22F2O5S.2C14H20F2O5S.2C13H18F2O5S.C8H12F2O6S/c16-15(17,23-22-21-19)14(18)20-6-10-4-9-5-11(10)13-8-2-1-7(3-8)12(9)13;1-2-13-4-10-3-11(5-13)7-14(6-10,8-13)9-20-12(18)15(16,17)23-22-21-19;1-12-3-9-2-10(4-12)6-13(5-9,7-12)8-19-11(17)14(15,16)22-21-20-18;15-14(16,22-21-20-18)12(17)19-2-1-13-6-9-3-10(7-13)5-11(4-9)8-13;14-13(15,21-20-19-17)11(16)18-7-12-4-8-1-9(5-12)3-10(2-8)6-12;14-13(15,21-20-19-17)12(16)18-6-11-9-2-7-1-8(4-9)5-10(11)3-7;9-8(10,17-16-15-12)7(11)14-5-6-3-1-2-4-13-6/h7-13,19H,1-6H2;10-11,19H,2-9H2,1H3;9-10,18H,2-8H2,1H3;9-11,18H,1-8H2;8-10,17H,1-7H2;7-11,17H,1-6H2;6,12H,1-5H2/p-7. The summed E-state index contributed by atoms with van der Waals surface area (Å²) in [5.74, 6) is 2.27. The fourth-order valence-electron chi connectivity index (χ4n) is 33.3. The molecule has 1 heterocycles. The van der Waals surface area contributed by atoms with Gasteiger partial charge in [0, 0.05) is 22.9 Å². The van der Waals surface area contributed by atoms with Gasteiger partial charge >= 0.3 is 78.6 Å². The quantitative estimate of drug-likeness (QED) is 0.0104. The first-order valence-corrected chi connectivity index (χ1v) is 55.7. The molecule has 25 rings (SSSR count). The van der Waals surface area contributed by atoms with Gasteiger partial charge in [-0.25, -0.2) is 33.6 Å². The Hall–Kier alpha value is -3.12. The van der Waals surface area contributed by atoms with E-state index in [9.17, 15) is 132 Å². The molecule has 12 atom stereocenters. The van der Waals surface area contributed by atoms with E-state index in [-0.39, 0.29) is 91.3 Å². The smallest absolute Gasteiger partial charge is 0.415 e. The van der Waals surface area contributed by atoms with Gasteiger partial charge in [0.2, 0.25) is 0 Å². The normalized spacial score (nSPS) is 37.1. The zero-order valence-corrected chi connectivity index (χ0v) is 87.1. The second kappa shape index (κ2) is 51.7. The Balaban J connectivity index is 0.000000137. The molecule has 36 nitrogen and oxygen atoms in total. The van der Waals surface area contributed by atoms with Crippen molar-refractivity contribution in [3.63, 3.8) is 0 Å². The molecule has 24 bridgehead atoms. The van der Waals surface area contributed by atoms with Gasteiger partial charge in [-0.3, -0.25) is 35.3 Å². The number of alkyl halides is 14. The molecule has 24 aliphatic carbocycles. The maximum atomic E-state index is 13.4. The summed E-state index contributed by atoms with van der Waals surface area (Å²) in [7, 11) is 0. The number of halogens is 14. The summed E-state index contributed by atoms with van der Waals surface area (Å²) in [6.07, 6.45) is 42.7. The van der Waals surface area contributed by atoms with Crippen LogP contribution in [0.2, 0.25) is 0 Å². The Kier molecular flexibility index (Phi) is 42.1. The van der Waals surface area contributed by atoms with E-state index in [0.717, 1.165) is 182 Å². The summed E-state index contributed by atoms with van der Waals surface area (Å²) in [6, 6.07) is 0. The summed E-state index contributed by atoms with van der Waals surface area (Å²) < 4.78 is 249. The van der Waals surface area contributed by atoms with Gasteiger partial charge in [-0.2, -0.15) is 91.8 Å². The molecule has 0 radical (unpaired) electrons. The Morgan fingerprint density at radius 3 is 0.987 bits per heavy atom. The van der Waals surface area contributed by atoms with Gasteiger partial charge < -0.3 is 74.7 Å². The second-order valence-electron chi connectivity index (χ2n) is 46.2. The van der Waals surface area contributed by atoms with Gasteiger partial charge in [0.25, 0.3) is 0 Å². The predicted octanol–water partition coefficient (Wildman–Crippen LogP) is 15.3. The number of hydrogen-bond donors (Lipinski definition) is 0. The number of carbonyl (C=O) groups excluding carboxylic acids is 7. The molecule has 854 valence electrons. The number of esters is 7. The molecule has 149 heavy (non-hydrogen) atoms. The maximum absolute atomic E-state index is 13.4. The van der Waals surface area contributed by atoms with Crippen molar-refractivity contribution in [2.45, 2.75) is 307 Å². The highest BCUT2D eigenvalue weighted by molar-refractivity contribution is 7.97. The van der Waals surface area contributed by atoms with E-state index in [0.29, 0.717) is 90.0 Å². The van der Waals surface area contributed by atoms with Crippen LogP contribution in [0.4, 0.5) is 61.5 Å². The monoisotopic (exact) mass is 2290 g/mol. The van der Waals surface area contributed by atoms with Crippen LogP contribution in [-0.2, 0) is 137 Å². The lowest BCUT2D eigenvalue weighted by atomic mass is 9.44. The highest BCUT2D eigenvalue weighted by Gasteiger charge is 2.65. The van der Waals surface area contributed by atoms with Gasteiger partial charge in [0.05, 0.1) is 45.7 Å². The van der Waals surface area contributed by atoms with Crippen LogP contribution in [0.25, 0.3) is 0 Å². The fourth-order valence-corrected chi connectivity index (χ4v) is 35.0. The van der Waals surface area contributed by atoms with Crippen LogP contribution in [-0.4, -0.2) is 138 Å². The van der Waals surface area contributed by atoms with E-state index >= 15 is 0 Å². The minimum absolute atomic E-state index is 0.0145. The first-order valence-electron chi connectivity index (χ1n) is 50.5. The van der Waals surface area contributed by atoms with Gasteiger partial charge in [-0.15, -0.1) is 0 Å². The van der Waals surface area contributed by atoms with Crippen molar-refractivity contribution < 1.29 is 235 Å². The van der Waals surface area contributed by atoms with Crippen molar-refractivity contribution in [3.8, 4) is 0 Å². The molecule has 12 unspecified atom stereocenters. The molecule has 25 fully saturated rings. The molecule has 0 N–H and O–H groups in total. The van der Waals surface area contributed by atoms with Crippen LogP contribution in [0.5, 0.6) is 0 Å². The average Bonchev–Trinajstić information content (AvgIpc) is 1.52. The molecule has 0 amide bonds. The highest BCUT2D eigenvalue weighted by atomic mass is 32.2. The van der Waals surface area contributed by atoms with Crippen molar-refractivity contribution in [1.29, 1.82) is 0 Å². The van der Waals surface area contributed by atoms with Gasteiger partial charge in [0.15, 0.2) is 0 Å². The zero-order chi connectivity index (χ0) is 108. The van der Waals surface area contributed by atoms with Crippen molar-refractivity contribution >= 4 is 126 Å². The molecule has 24 saturated carbocycles. The molecule has 0 aromatic heterocycles. The number of hydrogen-bond acceptors (Lipinski definition) is 43. The molecular formula is C92H123F14O36S7-7. The Bertz CT molecular complexity index is 4280. The minimum Gasteiger partial charge on any atom is -0.691 e. The van der Waals surface area contributed by atoms with E-state index in [1.54, 1.807) is 0 Å². The number of rotatable bonds is 44. The molecule has 25 aliphatic rings. The SMILES string of the molecule is CC12CC3CC(C1)CC(COC(=O)C(F)(F)SOO[O-])(C3)C2.CCC12CC3CC(C1)CC(COC(=O)C(F)(F)SOO[O-])(C3)C2.O=C(OCC12CC3CC(CC(C3)C1)C2)C(F)(F)SOO[O-].O=C(OCC1C2CC3CC(C2)CC1C3)C(F)(F)SOO[O-].O=C(OCC1CC2CC1C1C3CCC(C3)C21)C(F)(F)SOO[O-].O=C(OCC1CCCCO1)C(F)(F)SOO[O-].O=C(OCCC12CC3CC(CC(C3)C1)C2)C(F)(F)SOO[O-]. The number of fused-ring (bicyclic) bond motifs is 9. The van der Waals surface area contributed by atoms with E-state index in [1.165, 1.54) is 109 Å². The van der Waals surface area contributed by atoms with E-state index in [4.69, 9.17) is 33.2 Å². The fraction of sp³-hybridized carbons (Fsp3) is 0.924. The predicted molar refractivity (Wildman–Crippen MR) is 472 cm³/mol. The van der Waals surface area contributed by atoms with Crippen LogP contribution >= 0.6 is 84.3 Å². The summed E-state index contributed by atoms with van der Waals surface area (Å²) in [5, 5.41) is 58.9. The van der Waals surface area contributed by atoms with Crippen LogP contribution in [0.3, 0.4) is 0 Å². The van der Waals surface area contributed by atoms with Crippen molar-refractivity contribution in [2.75, 3.05) is 52.9 Å². The summed E-state index contributed by atoms with van der Waals surface area (Å²) in [5.41, 5.74) is 0.283. The lowest BCUT2D eigenvalue weighted by molar-refractivity contribution is -0.777. The van der Waals surface area contributed by atoms with Gasteiger partial charge in [-0.05, 0) is 390 Å². The molecule has 57 heteroatoms. The van der Waals surface area contributed by atoms with Crippen LogP contribution in [0.1, 0.15) is 264 Å². The average molecular weight is 2300 g/mol. The Labute approximate surface area is 879 Å². The molecule has 0 spiro atoms. The lowest BCUT2D eigenvalue weighted by Crippen LogP contribution is -2.53. The minimum atomic E-state index is -3.99. The van der Waals surface area contributed by atoms with Gasteiger partial charge in [-0.1, -0.05) is 20.3 Å². The van der Waals surface area contributed by atoms with Crippen molar-refractivity contribution in [2.24, 2.45) is 163 Å². The van der Waals surface area contributed by atoms with E-state index in [1.807, 2.05) is 0 Å². The van der Waals surface area contributed by atoms with E-state index < -0.39 is 163 Å². The van der Waals surface area contributed by atoms with Crippen molar-refractivity contribution in [1.82, 2.24) is 0 Å². The second-order valence-corrected chi connectivity index (χ2v) is 51.9. The maximum Gasteiger partial charge on any atom is 0.415 e. The third-order valence-corrected chi connectivity index (χ3v) is 39.4. The molecule has 1 saturated heterocycles. The summed E-state index contributed by atoms with van der Waals surface area (Å²) in [4.78, 5) is 79.6. The third-order valence-electron chi connectivity index (χ3n) is 35.9.